The fraction of sp³-hybridized carbons (Fsp3) is 0. The lowest BCUT2D eigenvalue weighted by Crippen LogP contribution is -2.06. The zero-order valence-corrected chi connectivity index (χ0v) is 27.8. The van der Waals surface area contributed by atoms with E-state index >= 15 is 0 Å². The number of aromatic nitrogens is 5. The third-order valence-electron chi connectivity index (χ3n) is 9.81. The van der Waals surface area contributed by atoms with Gasteiger partial charge in [-0.3, -0.25) is 0 Å². The molecule has 7 aromatic carbocycles. The summed E-state index contributed by atoms with van der Waals surface area (Å²) in [4.78, 5) is 19.4. The van der Waals surface area contributed by atoms with Gasteiger partial charge in [-0.05, 0) is 30.3 Å². The van der Waals surface area contributed by atoms with Gasteiger partial charge in [0.05, 0.1) is 40.0 Å². The van der Waals surface area contributed by atoms with Gasteiger partial charge in [0.15, 0.2) is 17.5 Å². The second-order valence-corrected chi connectivity index (χ2v) is 12.7. The maximum atomic E-state index is 8.91. The zero-order valence-electron chi connectivity index (χ0n) is 27.8. The highest BCUT2D eigenvalue weighted by Gasteiger charge is 2.26. The predicted octanol–water partition coefficient (Wildman–Crippen LogP) is 11.6. The summed E-state index contributed by atoms with van der Waals surface area (Å²) in [6.07, 6.45) is 0. The van der Waals surface area contributed by atoms with Crippen molar-refractivity contribution in [2.24, 2.45) is 0 Å². The maximum Gasteiger partial charge on any atom is 0.223 e. The van der Waals surface area contributed by atoms with E-state index in [1.165, 1.54) is 0 Å². The second-order valence-electron chi connectivity index (χ2n) is 12.7. The second kappa shape index (κ2) is 11.9. The molecule has 10 aromatic rings. The largest absolute Gasteiger partial charge is 0.317 e. The van der Waals surface area contributed by atoms with E-state index in [1.54, 1.807) is 0 Å². The van der Waals surface area contributed by atoms with Crippen molar-refractivity contribution in [2.45, 2.75) is 0 Å². The minimum Gasteiger partial charge on any atom is -0.317 e. The lowest BCUT2D eigenvalue weighted by Gasteiger charge is -2.20. The van der Waals surface area contributed by atoms with Gasteiger partial charge in [-0.2, -0.15) is 0 Å². The molecule has 0 atom stereocenters. The Bertz CT molecular complexity index is 2860. The molecule has 0 fully saturated rings. The number of hydrogen-bond donors (Lipinski definition) is 0. The van der Waals surface area contributed by atoms with E-state index in [2.05, 4.69) is 117 Å². The fourth-order valence-corrected chi connectivity index (χ4v) is 7.54. The van der Waals surface area contributed by atoms with Crippen LogP contribution in [-0.2, 0) is 0 Å². The van der Waals surface area contributed by atoms with Crippen molar-refractivity contribution in [3.63, 3.8) is 0 Å². The van der Waals surface area contributed by atoms with Gasteiger partial charge < -0.3 is 9.13 Å². The first-order valence-electron chi connectivity index (χ1n) is 17.2. The molecule has 3 aromatic heterocycles. The standard InChI is InChI=1S/C46H28N6/c1-47-42-36(46-49-44(30-16-4-2-5-17-30)48-45(50-46)31-18-6-3-7-19-31)28-29-41(51-37-24-12-8-20-32(37)33-21-9-13-25-38(33)51)43(42)52-39-26-14-10-22-34(39)35-23-11-15-27-40(35)52/h2-29H. The Kier molecular flexibility index (Phi) is 6.76. The van der Waals surface area contributed by atoms with Crippen LogP contribution in [0.15, 0.2) is 170 Å². The van der Waals surface area contributed by atoms with Crippen LogP contribution < -0.4 is 0 Å². The molecule has 0 N–H and O–H groups in total. The van der Waals surface area contributed by atoms with Crippen molar-refractivity contribution in [1.82, 2.24) is 24.1 Å². The highest BCUT2D eigenvalue weighted by molar-refractivity contribution is 6.12. The zero-order chi connectivity index (χ0) is 34.6. The normalized spacial score (nSPS) is 11.4. The van der Waals surface area contributed by atoms with Gasteiger partial charge in [-0.1, -0.05) is 140 Å². The van der Waals surface area contributed by atoms with Crippen LogP contribution in [0.1, 0.15) is 0 Å². The molecule has 0 radical (unpaired) electrons. The predicted molar refractivity (Wildman–Crippen MR) is 211 cm³/mol. The van der Waals surface area contributed by atoms with Gasteiger partial charge in [-0.25, -0.2) is 19.8 Å². The summed E-state index contributed by atoms with van der Waals surface area (Å²) in [6.45, 7) is 8.91. The Hall–Kier alpha value is -7.36. The Morgan fingerprint density at radius 1 is 0.385 bits per heavy atom. The number of fused-ring (bicyclic) bond motifs is 6. The number of hydrogen-bond acceptors (Lipinski definition) is 3. The first-order valence-corrected chi connectivity index (χ1v) is 17.2. The topological polar surface area (TPSA) is 52.9 Å². The SMILES string of the molecule is [C-]#[N+]c1c(-c2nc(-c3ccccc3)nc(-c3ccccc3)n2)ccc(-n2c3ccccc3c3ccccc32)c1-n1c2ccccc2c2ccccc21. The lowest BCUT2D eigenvalue weighted by atomic mass is 10.1. The van der Waals surface area contributed by atoms with Crippen molar-refractivity contribution >= 4 is 49.3 Å². The van der Waals surface area contributed by atoms with Crippen LogP contribution in [0.25, 0.3) is 94.0 Å². The molecule has 0 aliphatic rings. The molecular weight excluding hydrogens is 637 g/mol. The van der Waals surface area contributed by atoms with Gasteiger partial charge in [0.2, 0.25) is 5.69 Å². The van der Waals surface area contributed by atoms with E-state index < -0.39 is 0 Å². The van der Waals surface area contributed by atoms with E-state index in [4.69, 9.17) is 21.5 Å². The van der Waals surface area contributed by atoms with Crippen LogP contribution in [0.4, 0.5) is 5.69 Å². The summed E-state index contributed by atoms with van der Waals surface area (Å²) in [5.41, 5.74) is 8.63. The van der Waals surface area contributed by atoms with Crippen molar-refractivity contribution in [3.05, 3.63) is 181 Å². The minimum absolute atomic E-state index is 0.439. The van der Waals surface area contributed by atoms with E-state index in [9.17, 15) is 0 Å². The number of benzene rings is 7. The third kappa shape index (κ3) is 4.54. The molecule has 0 saturated carbocycles. The van der Waals surface area contributed by atoms with Crippen molar-refractivity contribution in [2.75, 3.05) is 0 Å². The molecule has 3 heterocycles. The molecule has 0 bridgehead atoms. The smallest absolute Gasteiger partial charge is 0.223 e. The molecule has 0 spiro atoms. The Morgan fingerprint density at radius 3 is 1.21 bits per heavy atom. The number of para-hydroxylation sites is 4. The van der Waals surface area contributed by atoms with Crippen LogP contribution in [0.3, 0.4) is 0 Å². The molecule has 52 heavy (non-hydrogen) atoms. The Labute approximate surface area is 299 Å². The maximum absolute atomic E-state index is 8.91. The molecule has 0 aliphatic heterocycles. The molecule has 242 valence electrons. The summed E-state index contributed by atoms with van der Waals surface area (Å²) in [5, 5.41) is 4.53. The Balaban J connectivity index is 1.36. The molecule has 0 saturated heterocycles. The molecule has 10 rings (SSSR count). The highest BCUT2D eigenvalue weighted by atomic mass is 15.1. The molecule has 6 heteroatoms. The van der Waals surface area contributed by atoms with Crippen LogP contribution in [0, 0.1) is 6.57 Å². The van der Waals surface area contributed by atoms with Crippen molar-refractivity contribution in [1.29, 1.82) is 0 Å². The van der Waals surface area contributed by atoms with E-state index in [0.29, 0.717) is 28.7 Å². The van der Waals surface area contributed by atoms with Gasteiger partial charge in [0.25, 0.3) is 0 Å². The van der Waals surface area contributed by atoms with Crippen LogP contribution in [0.2, 0.25) is 0 Å². The molecule has 6 nitrogen and oxygen atoms in total. The number of rotatable bonds is 5. The number of nitrogens with zero attached hydrogens (tertiary/aromatic N) is 6. The van der Waals surface area contributed by atoms with Crippen LogP contribution >= 0.6 is 0 Å². The summed E-state index contributed by atoms with van der Waals surface area (Å²) in [6, 6.07) is 57.8. The average molecular weight is 665 g/mol. The quantitative estimate of drug-likeness (QED) is 0.172. The van der Waals surface area contributed by atoms with E-state index in [-0.39, 0.29) is 0 Å². The van der Waals surface area contributed by atoms with Gasteiger partial charge in [0, 0.05) is 38.2 Å². The van der Waals surface area contributed by atoms with Gasteiger partial charge >= 0.3 is 0 Å². The van der Waals surface area contributed by atoms with Gasteiger partial charge in [0.1, 0.15) is 0 Å². The summed E-state index contributed by atoms with van der Waals surface area (Å²) < 4.78 is 4.54. The summed E-state index contributed by atoms with van der Waals surface area (Å²) in [5.74, 6) is 1.53. The van der Waals surface area contributed by atoms with E-state index in [0.717, 1.165) is 66.1 Å². The molecule has 0 amide bonds. The molecule has 0 aliphatic carbocycles. The van der Waals surface area contributed by atoms with Gasteiger partial charge in [-0.15, -0.1) is 0 Å². The summed E-state index contributed by atoms with van der Waals surface area (Å²) in [7, 11) is 0. The minimum atomic E-state index is 0.439. The van der Waals surface area contributed by atoms with Crippen LogP contribution in [0.5, 0.6) is 0 Å². The lowest BCUT2D eigenvalue weighted by molar-refractivity contribution is 1.07. The monoisotopic (exact) mass is 664 g/mol. The van der Waals surface area contributed by atoms with Crippen LogP contribution in [-0.4, -0.2) is 24.1 Å². The first-order chi connectivity index (χ1) is 25.8. The molecule has 0 unspecified atom stereocenters. The Morgan fingerprint density at radius 2 is 0.769 bits per heavy atom. The first kappa shape index (κ1) is 29.5. The average Bonchev–Trinajstić information content (AvgIpc) is 3.73. The molecular formula is C46H28N6. The van der Waals surface area contributed by atoms with Crippen molar-refractivity contribution < 1.29 is 0 Å². The third-order valence-corrected chi connectivity index (χ3v) is 9.81. The van der Waals surface area contributed by atoms with Crippen molar-refractivity contribution in [3.8, 4) is 45.5 Å². The fourth-order valence-electron chi connectivity index (χ4n) is 7.54. The van der Waals surface area contributed by atoms with E-state index in [1.807, 2.05) is 66.7 Å². The highest BCUT2D eigenvalue weighted by Crippen LogP contribution is 2.45. The summed E-state index contributed by atoms with van der Waals surface area (Å²) >= 11 is 0.